The second-order valence-electron chi connectivity index (χ2n) is 3.32. The lowest BCUT2D eigenvalue weighted by Gasteiger charge is -2.18. The Morgan fingerprint density at radius 1 is 1.47 bits per heavy atom. The van der Waals surface area contributed by atoms with E-state index in [2.05, 4.69) is 5.32 Å². The Bertz CT molecular complexity index is 395. The van der Waals surface area contributed by atoms with Gasteiger partial charge in [-0.1, -0.05) is 0 Å². The van der Waals surface area contributed by atoms with Crippen molar-refractivity contribution in [2.24, 2.45) is 0 Å². The number of aromatic carboxylic acids is 1. The average Bonchev–Trinajstić information content (AvgIpc) is 2.16. The van der Waals surface area contributed by atoms with Crippen LogP contribution >= 0.6 is 12.4 Å². The number of benzene rings is 1. The van der Waals surface area contributed by atoms with Gasteiger partial charge in [-0.25, -0.2) is 9.18 Å². The van der Waals surface area contributed by atoms with Crippen LogP contribution in [-0.2, 0) is 13.0 Å². The minimum Gasteiger partial charge on any atom is -0.478 e. The summed E-state index contributed by atoms with van der Waals surface area (Å²) in [6, 6.07) is 2.50. The summed E-state index contributed by atoms with van der Waals surface area (Å²) in [6.45, 7) is 1.28. The molecule has 3 nitrogen and oxygen atoms in total. The van der Waals surface area contributed by atoms with Crippen molar-refractivity contribution >= 4 is 18.4 Å². The predicted octanol–water partition coefficient (Wildman–Crippen LogP) is 1.59. The van der Waals surface area contributed by atoms with Crippen molar-refractivity contribution in [1.82, 2.24) is 5.32 Å². The number of carbonyl (C=O) groups is 1. The third kappa shape index (κ3) is 2.27. The molecule has 1 aliphatic heterocycles. The highest BCUT2D eigenvalue weighted by Crippen LogP contribution is 2.20. The van der Waals surface area contributed by atoms with Gasteiger partial charge in [0.05, 0.1) is 5.56 Å². The van der Waals surface area contributed by atoms with Crippen molar-refractivity contribution in [3.63, 3.8) is 0 Å². The fraction of sp³-hybridized carbons (Fsp3) is 0.300. The van der Waals surface area contributed by atoms with Crippen molar-refractivity contribution in [2.45, 2.75) is 13.0 Å². The second-order valence-corrected chi connectivity index (χ2v) is 3.32. The molecule has 0 radical (unpaired) electrons. The lowest BCUT2D eigenvalue weighted by atomic mass is 9.96. The van der Waals surface area contributed by atoms with Crippen LogP contribution in [0, 0.1) is 5.82 Å². The summed E-state index contributed by atoms with van der Waals surface area (Å²) in [5, 5.41) is 11.9. The second kappa shape index (κ2) is 4.59. The SMILES string of the molecule is Cl.O=C(O)c1cc(F)cc2c1CNCC2. The number of rotatable bonds is 1. The van der Waals surface area contributed by atoms with Crippen LogP contribution in [-0.4, -0.2) is 17.6 Å². The van der Waals surface area contributed by atoms with Gasteiger partial charge in [0.2, 0.25) is 0 Å². The third-order valence-corrected chi connectivity index (χ3v) is 2.41. The Balaban J connectivity index is 0.00000112. The Morgan fingerprint density at radius 3 is 2.87 bits per heavy atom. The molecule has 1 aromatic rings. The molecule has 0 aromatic heterocycles. The van der Waals surface area contributed by atoms with Gasteiger partial charge in [0.25, 0.3) is 0 Å². The molecule has 0 aliphatic carbocycles. The van der Waals surface area contributed by atoms with Crippen LogP contribution in [0.1, 0.15) is 21.5 Å². The summed E-state index contributed by atoms with van der Waals surface area (Å²) in [5.41, 5.74) is 1.60. The predicted molar refractivity (Wildman–Crippen MR) is 56.0 cm³/mol. The van der Waals surface area contributed by atoms with E-state index in [0.29, 0.717) is 18.5 Å². The molecule has 1 aromatic carbocycles. The topological polar surface area (TPSA) is 49.3 Å². The van der Waals surface area contributed by atoms with Crippen LogP contribution in [0.3, 0.4) is 0 Å². The standard InChI is InChI=1S/C10H10FNO2.ClH/c11-7-3-6-1-2-12-5-9(6)8(4-7)10(13)14;/h3-4,12H,1-2,5H2,(H,13,14);1H. The van der Waals surface area contributed by atoms with Gasteiger partial charge >= 0.3 is 5.97 Å². The number of carboxylic acid groups (broad SMARTS) is 1. The van der Waals surface area contributed by atoms with Gasteiger partial charge in [-0.15, -0.1) is 12.4 Å². The zero-order chi connectivity index (χ0) is 10.1. The summed E-state index contributed by atoms with van der Waals surface area (Å²) in [7, 11) is 0. The Labute approximate surface area is 92.7 Å². The van der Waals surface area contributed by atoms with Crippen LogP contribution in [0.4, 0.5) is 4.39 Å². The maximum Gasteiger partial charge on any atom is 0.336 e. The summed E-state index contributed by atoms with van der Waals surface area (Å²) in [5.74, 6) is -1.53. The van der Waals surface area contributed by atoms with Crippen molar-refractivity contribution in [1.29, 1.82) is 0 Å². The van der Waals surface area contributed by atoms with E-state index in [4.69, 9.17) is 5.11 Å². The van der Waals surface area contributed by atoms with E-state index in [-0.39, 0.29) is 18.0 Å². The fourth-order valence-corrected chi connectivity index (χ4v) is 1.75. The van der Waals surface area contributed by atoms with Gasteiger partial charge in [-0.3, -0.25) is 0 Å². The molecule has 0 spiro atoms. The number of hydrogen-bond donors (Lipinski definition) is 2. The summed E-state index contributed by atoms with van der Waals surface area (Å²) in [6.07, 6.45) is 0.688. The molecule has 5 heteroatoms. The Morgan fingerprint density at radius 2 is 2.20 bits per heavy atom. The molecule has 0 unspecified atom stereocenters. The van der Waals surface area contributed by atoms with Gasteiger partial charge in [-0.05, 0) is 36.2 Å². The molecule has 1 heterocycles. The normalized spacial score (nSPS) is 13.9. The first-order valence-corrected chi connectivity index (χ1v) is 4.44. The first-order valence-electron chi connectivity index (χ1n) is 4.44. The summed E-state index contributed by atoms with van der Waals surface area (Å²) < 4.78 is 13.0. The largest absolute Gasteiger partial charge is 0.478 e. The van der Waals surface area contributed by atoms with Gasteiger partial charge in [0, 0.05) is 6.54 Å². The van der Waals surface area contributed by atoms with E-state index < -0.39 is 11.8 Å². The van der Waals surface area contributed by atoms with E-state index in [0.717, 1.165) is 18.2 Å². The first-order chi connectivity index (χ1) is 6.68. The quantitative estimate of drug-likeness (QED) is 0.772. The van der Waals surface area contributed by atoms with Gasteiger partial charge in [0.1, 0.15) is 5.82 Å². The van der Waals surface area contributed by atoms with Crippen molar-refractivity contribution < 1.29 is 14.3 Å². The minimum atomic E-state index is -1.07. The number of halogens is 2. The molecule has 0 atom stereocenters. The molecule has 1 aliphatic rings. The zero-order valence-electron chi connectivity index (χ0n) is 7.92. The molecule has 15 heavy (non-hydrogen) atoms. The van der Waals surface area contributed by atoms with Gasteiger partial charge in [0.15, 0.2) is 0 Å². The smallest absolute Gasteiger partial charge is 0.336 e. The summed E-state index contributed by atoms with van der Waals surface area (Å²) >= 11 is 0. The number of carboxylic acids is 1. The van der Waals surface area contributed by atoms with E-state index >= 15 is 0 Å². The fourth-order valence-electron chi connectivity index (χ4n) is 1.75. The van der Waals surface area contributed by atoms with Crippen molar-refractivity contribution in [2.75, 3.05) is 6.54 Å². The molecule has 0 fully saturated rings. The number of nitrogens with one attached hydrogen (secondary N) is 1. The third-order valence-electron chi connectivity index (χ3n) is 2.41. The van der Waals surface area contributed by atoms with Gasteiger partial charge in [-0.2, -0.15) is 0 Å². The number of hydrogen-bond acceptors (Lipinski definition) is 2. The molecular weight excluding hydrogens is 221 g/mol. The molecule has 2 N–H and O–H groups in total. The van der Waals surface area contributed by atoms with E-state index in [1.807, 2.05) is 0 Å². The Kier molecular flexibility index (Phi) is 3.66. The monoisotopic (exact) mass is 231 g/mol. The van der Waals surface area contributed by atoms with Crippen LogP contribution in [0.5, 0.6) is 0 Å². The Hall–Kier alpha value is -1.13. The van der Waals surface area contributed by atoms with Crippen molar-refractivity contribution in [3.05, 3.63) is 34.6 Å². The molecular formula is C10H11ClFNO2. The average molecular weight is 232 g/mol. The van der Waals surface area contributed by atoms with Crippen LogP contribution in [0.15, 0.2) is 12.1 Å². The summed E-state index contributed by atoms with van der Waals surface area (Å²) in [4.78, 5) is 10.8. The van der Waals surface area contributed by atoms with Crippen molar-refractivity contribution in [3.8, 4) is 0 Å². The van der Waals surface area contributed by atoms with E-state index in [9.17, 15) is 9.18 Å². The molecule has 0 saturated carbocycles. The van der Waals surface area contributed by atoms with Crippen LogP contribution in [0.2, 0.25) is 0 Å². The molecule has 0 amide bonds. The molecule has 2 rings (SSSR count). The number of fused-ring (bicyclic) bond motifs is 1. The van der Waals surface area contributed by atoms with Gasteiger partial charge < -0.3 is 10.4 Å². The first kappa shape index (κ1) is 11.9. The lowest BCUT2D eigenvalue weighted by Crippen LogP contribution is -2.26. The minimum absolute atomic E-state index is 0. The zero-order valence-corrected chi connectivity index (χ0v) is 8.73. The van der Waals surface area contributed by atoms with E-state index in [1.165, 1.54) is 6.07 Å². The maximum absolute atomic E-state index is 13.0. The highest BCUT2D eigenvalue weighted by molar-refractivity contribution is 5.90. The lowest BCUT2D eigenvalue weighted by molar-refractivity contribution is 0.0694. The van der Waals surface area contributed by atoms with Crippen LogP contribution < -0.4 is 5.32 Å². The van der Waals surface area contributed by atoms with Crippen LogP contribution in [0.25, 0.3) is 0 Å². The molecule has 0 saturated heterocycles. The molecule has 82 valence electrons. The highest BCUT2D eigenvalue weighted by atomic mass is 35.5. The van der Waals surface area contributed by atoms with E-state index in [1.54, 1.807) is 0 Å². The highest BCUT2D eigenvalue weighted by Gasteiger charge is 2.18. The maximum atomic E-state index is 13.0. The molecule has 0 bridgehead atoms.